The first-order chi connectivity index (χ1) is 25.6. The molecule has 0 radical (unpaired) electrons. The summed E-state index contributed by atoms with van der Waals surface area (Å²) < 4.78 is 0. The second-order valence-corrected chi connectivity index (χ2v) is 16.2. The zero-order chi connectivity index (χ0) is 39.5. The van der Waals surface area contributed by atoms with Crippen molar-refractivity contribution in [3.8, 4) is 0 Å². The standard InChI is InChI=1S/C42H62N6O6.H2O/c1-25(2)19-35(40(52)46-34(20-29-13-9-7-10-14-29)37(50)23-38(51)44-24-26(3)4)47-41(53)36(21-30-15-11-8-12-16-30)48(28(6)49)39-32-22-31(27(5)43)17-18-33(32)45-42(39)54;/h8,11-12,15-18,22,25-27,29,34-37,39,50H,7,9-10,13-14,19-21,23-24,43H2,1-6H3,(H,44,51)(H,45,54)(H,46,52)(H,47,53);1H2/t27?,34?,35-,36-,37?,39?;/m0./s1. The summed E-state index contributed by atoms with van der Waals surface area (Å²) in [7, 11) is 0. The van der Waals surface area contributed by atoms with Crippen LogP contribution in [0.4, 0.5) is 5.69 Å². The van der Waals surface area contributed by atoms with Crippen LogP contribution in [0, 0.1) is 17.8 Å². The number of benzene rings is 2. The number of anilines is 1. The molecule has 55 heavy (non-hydrogen) atoms. The van der Waals surface area contributed by atoms with Crippen molar-refractivity contribution in [2.75, 3.05) is 11.9 Å². The molecule has 1 saturated carbocycles. The number of amides is 5. The van der Waals surface area contributed by atoms with E-state index in [1.54, 1.807) is 12.1 Å². The summed E-state index contributed by atoms with van der Waals surface area (Å²) in [6, 6.07) is 10.3. The van der Waals surface area contributed by atoms with E-state index < -0.39 is 53.9 Å². The minimum absolute atomic E-state index is 0. The molecule has 9 N–H and O–H groups in total. The lowest BCUT2D eigenvalue weighted by Crippen LogP contribution is -2.58. The van der Waals surface area contributed by atoms with E-state index >= 15 is 0 Å². The van der Waals surface area contributed by atoms with Gasteiger partial charge in [0.2, 0.25) is 23.6 Å². The van der Waals surface area contributed by atoms with Crippen molar-refractivity contribution in [2.45, 2.75) is 136 Å². The summed E-state index contributed by atoms with van der Waals surface area (Å²) in [4.78, 5) is 70.2. The van der Waals surface area contributed by atoms with E-state index in [4.69, 9.17) is 5.73 Å². The number of aliphatic hydroxyl groups is 1. The number of nitrogens with zero attached hydrogens (tertiary/aromatic N) is 1. The maximum atomic E-state index is 14.6. The van der Waals surface area contributed by atoms with Gasteiger partial charge in [0.05, 0.1) is 18.6 Å². The largest absolute Gasteiger partial charge is 0.412 e. The Morgan fingerprint density at radius 1 is 0.927 bits per heavy atom. The van der Waals surface area contributed by atoms with E-state index in [-0.39, 0.29) is 54.4 Å². The van der Waals surface area contributed by atoms with Gasteiger partial charge < -0.3 is 42.5 Å². The second-order valence-electron chi connectivity index (χ2n) is 16.2. The van der Waals surface area contributed by atoms with E-state index in [0.29, 0.717) is 24.2 Å². The monoisotopic (exact) mass is 764 g/mol. The fraction of sp³-hybridized carbons (Fsp3) is 0.595. The molecule has 4 rings (SSSR count). The molecule has 0 saturated heterocycles. The van der Waals surface area contributed by atoms with Crippen molar-refractivity contribution < 1.29 is 34.6 Å². The molecule has 5 amide bonds. The Morgan fingerprint density at radius 2 is 1.60 bits per heavy atom. The van der Waals surface area contributed by atoms with Gasteiger partial charge in [-0.25, -0.2) is 0 Å². The lowest BCUT2D eigenvalue weighted by atomic mass is 9.83. The highest BCUT2D eigenvalue weighted by molar-refractivity contribution is 6.05. The van der Waals surface area contributed by atoms with E-state index in [9.17, 15) is 29.1 Å². The normalized spacial score (nSPS) is 18.2. The van der Waals surface area contributed by atoms with Crippen molar-refractivity contribution in [2.24, 2.45) is 23.5 Å². The molecule has 2 aromatic carbocycles. The number of carbonyl (C=O) groups is 5. The van der Waals surface area contributed by atoms with Crippen molar-refractivity contribution in [1.29, 1.82) is 0 Å². The summed E-state index contributed by atoms with van der Waals surface area (Å²) in [5, 5.41) is 23.1. The van der Waals surface area contributed by atoms with Crippen LogP contribution in [0.25, 0.3) is 0 Å². The van der Waals surface area contributed by atoms with Crippen LogP contribution in [-0.4, -0.2) is 75.8 Å². The number of aliphatic hydroxyl groups excluding tert-OH is 1. The van der Waals surface area contributed by atoms with Crippen molar-refractivity contribution in [3.63, 3.8) is 0 Å². The molecule has 1 fully saturated rings. The summed E-state index contributed by atoms with van der Waals surface area (Å²) in [5.41, 5.74) is 8.81. The van der Waals surface area contributed by atoms with Gasteiger partial charge in [-0.2, -0.15) is 0 Å². The molecule has 13 heteroatoms. The van der Waals surface area contributed by atoms with Crippen LogP contribution >= 0.6 is 0 Å². The Bertz CT molecular complexity index is 1590. The lowest BCUT2D eigenvalue weighted by Gasteiger charge is -2.36. The molecule has 2 aromatic rings. The minimum atomic E-state index is -1.17. The fourth-order valence-corrected chi connectivity index (χ4v) is 7.63. The Kier molecular flexibility index (Phi) is 17.3. The maximum absolute atomic E-state index is 14.6. The molecule has 13 nitrogen and oxygen atoms in total. The number of hydrogen-bond donors (Lipinski definition) is 6. The van der Waals surface area contributed by atoms with Crippen LogP contribution in [-0.2, 0) is 30.4 Å². The third kappa shape index (κ3) is 12.9. The molecular weight excluding hydrogens is 700 g/mol. The van der Waals surface area contributed by atoms with Gasteiger partial charge in [0.25, 0.3) is 5.91 Å². The van der Waals surface area contributed by atoms with Gasteiger partial charge in [-0.05, 0) is 60.8 Å². The van der Waals surface area contributed by atoms with E-state index in [2.05, 4.69) is 21.3 Å². The third-order valence-electron chi connectivity index (χ3n) is 10.5. The van der Waals surface area contributed by atoms with Gasteiger partial charge in [0, 0.05) is 37.2 Å². The van der Waals surface area contributed by atoms with Crippen molar-refractivity contribution in [3.05, 3.63) is 65.2 Å². The Balaban J connectivity index is 0.00000812. The number of hydrogen-bond acceptors (Lipinski definition) is 7. The number of carbonyl (C=O) groups excluding carboxylic acids is 5. The molecular formula is C42H64N6O7. The molecule has 0 spiro atoms. The quantitative estimate of drug-likeness (QED) is 0.132. The van der Waals surface area contributed by atoms with Gasteiger partial charge in [-0.1, -0.05) is 96.2 Å². The number of nitrogens with one attached hydrogen (secondary N) is 4. The van der Waals surface area contributed by atoms with Crippen molar-refractivity contribution >= 4 is 35.2 Å². The van der Waals surface area contributed by atoms with Crippen LogP contribution < -0.4 is 27.0 Å². The predicted molar refractivity (Wildman–Crippen MR) is 213 cm³/mol. The van der Waals surface area contributed by atoms with Crippen LogP contribution in [0.15, 0.2) is 48.5 Å². The molecule has 1 heterocycles. The first-order valence-corrected chi connectivity index (χ1v) is 19.7. The van der Waals surface area contributed by atoms with Gasteiger partial charge in [-0.15, -0.1) is 0 Å². The predicted octanol–water partition coefficient (Wildman–Crippen LogP) is 3.84. The molecule has 0 aromatic heterocycles. The first kappa shape index (κ1) is 45.1. The fourth-order valence-electron chi connectivity index (χ4n) is 7.63. The highest BCUT2D eigenvalue weighted by atomic mass is 16.3. The molecule has 0 bridgehead atoms. The Morgan fingerprint density at radius 3 is 2.20 bits per heavy atom. The van der Waals surface area contributed by atoms with Gasteiger partial charge in [0.1, 0.15) is 18.1 Å². The average Bonchev–Trinajstić information content (AvgIpc) is 3.44. The van der Waals surface area contributed by atoms with Crippen LogP contribution in [0.5, 0.6) is 0 Å². The number of rotatable bonds is 18. The molecule has 1 aliphatic heterocycles. The average molecular weight is 765 g/mol. The zero-order valence-corrected chi connectivity index (χ0v) is 33.4. The van der Waals surface area contributed by atoms with Gasteiger partial charge in [-0.3, -0.25) is 24.0 Å². The van der Waals surface area contributed by atoms with Crippen molar-refractivity contribution in [1.82, 2.24) is 20.9 Å². The lowest BCUT2D eigenvalue weighted by molar-refractivity contribution is -0.146. The van der Waals surface area contributed by atoms with E-state index in [0.717, 1.165) is 43.2 Å². The molecule has 6 atom stereocenters. The van der Waals surface area contributed by atoms with E-state index in [1.165, 1.54) is 11.8 Å². The topological polar surface area (TPSA) is 214 Å². The maximum Gasteiger partial charge on any atom is 0.251 e. The van der Waals surface area contributed by atoms with E-state index in [1.807, 2.05) is 71.0 Å². The highest BCUT2D eigenvalue weighted by Gasteiger charge is 2.43. The van der Waals surface area contributed by atoms with Crippen LogP contribution in [0.3, 0.4) is 0 Å². The highest BCUT2D eigenvalue weighted by Crippen LogP contribution is 2.38. The third-order valence-corrected chi connectivity index (χ3v) is 10.5. The van der Waals surface area contributed by atoms with Crippen LogP contribution in [0.2, 0.25) is 0 Å². The summed E-state index contributed by atoms with van der Waals surface area (Å²) in [6.45, 7) is 11.5. The van der Waals surface area contributed by atoms with Gasteiger partial charge in [0.15, 0.2) is 0 Å². The summed E-state index contributed by atoms with van der Waals surface area (Å²) >= 11 is 0. The smallest absolute Gasteiger partial charge is 0.251 e. The summed E-state index contributed by atoms with van der Waals surface area (Å²) in [6.07, 6.45) is 4.87. The van der Waals surface area contributed by atoms with Gasteiger partial charge >= 0.3 is 0 Å². The zero-order valence-electron chi connectivity index (χ0n) is 33.4. The first-order valence-electron chi connectivity index (χ1n) is 19.7. The summed E-state index contributed by atoms with van der Waals surface area (Å²) in [5.74, 6) is -1.75. The SMILES string of the molecule is CC(=O)N(C1C(=O)Nc2ccc(C(C)N)cc21)[C@@H](Cc1ccccc1)C(=O)N[C@@H](CC(C)C)C(=O)NC(CC1CCCCC1)C(O)CC(=O)NCC(C)C.O. The Labute approximate surface area is 326 Å². The van der Waals surface area contributed by atoms with Crippen LogP contribution in [0.1, 0.15) is 122 Å². The minimum Gasteiger partial charge on any atom is -0.412 e. The molecule has 304 valence electrons. The second kappa shape index (κ2) is 21.1. The molecule has 1 aliphatic carbocycles. The number of fused-ring (bicyclic) bond motifs is 1. The molecule has 2 aliphatic rings. The molecule has 4 unspecified atom stereocenters. The number of nitrogens with two attached hydrogens (primary N) is 1. The Hall–Kier alpha value is -4.33.